The van der Waals surface area contributed by atoms with Crippen molar-refractivity contribution in [3.05, 3.63) is 69.8 Å². The number of carbonyl (C=O) groups excluding carboxylic acids is 3. The number of aliphatic hydroxyl groups excluding tert-OH is 2. The van der Waals surface area contributed by atoms with Gasteiger partial charge in [-0.3, -0.25) is 24.3 Å². The van der Waals surface area contributed by atoms with Crippen molar-refractivity contribution < 1.29 is 29.7 Å². The van der Waals surface area contributed by atoms with Crippen molar-refractivity contribution in [3.8, 4) is 17.0 Å². The number of phenols is 1. The van der Waals surface area contributed by atoms with Crippen LogP contribution in [-0.4, -0.2) is 69.1 Å². The van der Waals surface area contributed by atoms with Gasteiger partial charge >= 0.3 is 0 Å². The fourth-order valence-corrected chi connectivity index (χ4v) is 6.94. The lowest BCUT2D eigenvalue weighted by Crippen LogP contribution is -2.53. The maximum atomic E-state index is 14.0. The number of Topliss-reactive ketones (excluding diaryl/α,β-unsaturated/α-hetero) is 2. The number of phenolic OH excluding ortho intramolecular Hbond substituents is 1. The summed E-state index contributed by atoms with van der Waals surface area (Å²) in [5.74, 6) is -5.21. The molecule has 0 fully saturated rings. The summed E-state index contributed by atoms with van der Waals surface area (Å²) in [6, 6.07) is 6.60. The zero-order chi connectivity index (χ0) is 27.5. The van der Waals surface area contributed by atoms with Crippen molar-refractivity contribution in [3.63, 3.8) is 0 Å². The number of thioether (sulfide) groups is 1. The van der Waals surface area contributed by atoms with Gasteiger partial charge in [0.25, 0.3) is 5.91 Å². The number of carbonyl (C=O) groups is 3. The minimum absolute atomic E-state index is 0.0680. The van der Waals surface area contributed by atoms with E-state index >= 15 is 0 Å². The number of hydrogen-bond donors (Lipinski definition) is 4. The smallest absolute Gasteiger partial charge is 0.255 e. The molecule has 5 N–H and O–H groups in total. The van der Waals surface area contributed by atoms with Crippen molar-refractivity contribution in [1.29, 1.82) is 0 Å². The Kier molecular flexibility index (Phi) is 6.56. The van der Waals surface area contributed by atoms with E-state index in [0.717, 1.165) is 5.56 Å². The van der Waals surface area contributed by atoms with E-state index in [0.29, 0.717) is 35.4 Å². The van der Waals surface area contributed by atoms with Crippen LogP contribution in [0.4, 0.5) is 0 Å². The zero-order valence-corrected chi connectivity index (χ0v) is 22.1. The number of ketones is 2. The Morgan fingerprint density at radius 1 is 1.18 bits per heavy atom. The van der Waals surface area contributed by atoms with Crippen LogP contribution in [0.25, 0.3) is 11.3 Å². The minimum Gasteiger partial charge on any atom is -0.511 e. The van der Waals surface area contributed by atoms with Gasteiger partial charge < -0.3 is 21.1 Å². The summed E-state index contributed by atoms with van der Waals surface area (Å²) in [6.07, 6.45) is 4.18. The number of nitrogens with zero attached hydrogens (tertiary/aromatic N) is 2. The highest BCUT2D eigenvalue weighted by Crippen LogP contribution is 2.52. The van der Waals surface area contributed by atoms with Gasteiger partial charge in [0.05, 0.1) is 23.2 Å². The quantitative estimate of drug-likeness (QED) is 0.423. The average molecular weight is 536 g/mol. The average Bonchev–Trinajstić information content (AvgIpc) is 2.85. The van der Waals surface area contributed by atoms with Gasteiger partial charge in [-0.15, -0.1) is 0 Å². The molecule has 3 unspecified atom stereocenters. The largest absolute Gasteiger partial charge is 0.511 e. The molecule has 3 aliphatic carbocycles. The molecule has 1 heterocycles. The second kappa shape index (κ2) is 9.59. The van der Waals surface area contributed by atoms with Crippen molar-refractivity contribution in [2.24, 2.45) is 23.5 Å². The molecule has 1 amide bonds. The third-order valence-electron chi connectivity index (χ3n) is 7.89. The Morgan fingerprint density at radius 3 is 2.53 bits per heavy atom. The first-order valence-electron chi connectivity index (χ1n) is 12.3. The number of nitrogens with two attached hydrogens (primary N) is 1. The number of pyridine rings is 1. The fourth-order valence-electron chi connectivity index (χ4n) is 6.41. The molecule has 9 nitrogen and oxygen atoms in total. The predicted molar refractivity (Wildman–Crippen MR) is 143 cm³/mol. The Balaban J connectivity index is 1.72. The number of aliphatic hydroxyl groups is 2. The molecule has 38 heavy (non-hydrogen) atoms. The van der Waals surface area contributed by atoms with E-state index in [1.807, 2.05) is 24.5 Å². The second-order valence-corrected chi connectivity index (χ2v) is 11.1. The monoisotopic (exact) mass is 535 g/mol. The van der Waals surface area contributed by atoms with Gasteiger partial charge in [-0.25, -0.2) is 0 Å². The normalized spacial score (nSPS) is 24.8. The van der Waals surface area contributed by atoms with Crippen molar-refractivity contribution in [2.45, 2.75) is 24.6 Å². The maximum Gasteiger partial charge on any atom is 0.255 e. The lowest BCUT2D eigenvalue weighted by Gasteiger charge is -2.46. The van der Waals surface area contributed by atoms with Gasteiger partial charge in [0.1, 0.15) is 22.8 Å². The van der Waals surface area contributed by atoms with Crippen LogP contribution in [0.5, 0.6) is 5.75 Å². The number of benzene rings is 1. The fraction of sp³-hybridized carbons (Fsp3) is 0.357. The van der Waals surface area contributed by atoms with Crippen molar-refractivity contribution in [1.82, 2.24) is 9.88 Å². The maximum absolute atomic E-state index is 14.0. The Hall–Kier alpha value is -3.63. The third kappa shape index (κ3) is 3.82. The van der Waals surface area contributed by atoms with E-state index in [1.165, 1.54) is 11.8 Å². The molecule has 1 aromatic heterocycles. The van der Waals surface area contributed by atoms with Gasteiger partial charge in [0, 0.05) is 28.6 Å². The highest BCUT2D eigenvalue weighted by molar-refractivity contribution is 7.97. The molecule has 0 radical (unpaired) electrons. The highest BCUT2D eigenvalue weighted by Gasteiger charge is 2.54. The molecule has 1 aromatic carbocycles. The summed E-state index contributed by atoms with van der Waals surface area (Å²) >= 11 is 1.49. The number of aromatic hydroxyl groups is 1. The number of fused-ring (bicyclic) bond motifs is 3. The van der Waals surface area contributed by atoms with Gasteiger partial charge in [-0.1, -0.05) is 6.07 Å². The topological polar surface area (TPSA) is 154 Å². The van der Waals surface area contributed by atoms with E-state index in [1.54, 1.807) is 31.3 Å². The first-order valence-corrected chi connectivity index (χ1v) is 13.7. The summed E-state index contributed by atoms with van der Waals surface area (Å²) in [5, 5.41) is 33.6. The molecule has 10 heteroatoms. The molecule has 0 bridgehead atoms. The third-order valence-corrected chi connectivity index (χ3v) is 8.49. The van der Waals surface area contributed by atoms with E-state index < -0.39 is 58.4 Å². The van der Waals surface area contributed by atoms with Crippen LogP contribution < -0.4 is 5.73 Å². The minimum atomic E-state index is -1.20. The molecule has 0 saturated heterocycles. The lowest BCUT2D eigenvalue weighted by molar-refractivity contribution is -0.127. The second-order valence-electron chi connectivity index (χ2n) is 10.2. The van der Waals surface area contributed by atoms with Crippen LogP contribution in [-0.2, 0) is 21.8 Å². The van der Waals surface area contributed by atoms with E-state index in [9.17, 15) is 29.7 Å². The molecule has 0 spiro atoms. The van der Waals surface area contributed by atoms with Gasteiger partial charge in [-0.05, 0) is 68.8 Å². The number of amides is 1. The highest BCUT2D eigenvalue weighted by atomic mass is 32.2. The van der Waals surface area contributed by atoms with Crippen LogP contribution in [0.1, 0.15) is 27.9 Å². The van der Waals surface area contributed by atoms with Crippen LogP contribution in [0.15, 0.2) is 53.1 Å². The van der Waals surface area contributed by atoms with Gasteiger partial charge in [0.15, 0.2) is 11.6 Å². The zero-order valence-electron chi connectivity index (χ0n) is 21.3. The summed E-state index contributed by atoms with van der Waals surface area (Å²) in [5.41, 5.74) is 7.66. The summed E-state index contributed by atoms with van der Waals surface area (Å²) in [4.78, 5) is 45.7. The Morgan fingerprint density at radius 2 is 1.92 bits per heavy atom. The van der Waals surface area contributed by atoms with E-state index in [2.05, 4.69) is 4.98 Å². The van der Waals surface area contributed by atoms with Gasteiger partial charge in [-0.2, -0.15) is 11.8 Å². The van der Waals surface area contributed by atoms with Crippen molar-refractivity contribution >= 4 is 29.2 Å². The summed E-state index contributed by atoms with van der Waals surface area (Å²) < 4.78 is 0. The number of likely N-dealkylation sites (N-methyl/N-ethyl adjacent to an activating group) is 1. The first-order chi connectivity index (χ1) is 18.1. The molecule has 0 aliphatic heterocycles. The SMILES string of the molecule is CSCc1cc(-c2ccccn2)c2c(c1O)C(=O)C1=C(O)C3C(=O)C(C(N)=O)=C(O)[C@H](N(C)C)C3CC1C2. The number of aromatic nitrogens is 1. The van der Waals surface area contributed by atoms with E-state index in [-0.39, 0.29) is 16.9 Å². The van der Waals surface area contributed by atoms with Gasteiger partial charge in [0.2, 0.25) is 0 Å². The van der Waals surface area contributed by atoms with Crippen LogP contribution >= 0.6 is 11.8 Å². The molecule has 0 saturated carbocycles. The number of rotatable bonds is 5. The number of allylic oxidation sites excluding steroid dienone is 2. The molecular weight excluding hydrogens is 506 g/mol. The molecule has 2 aromatic rings. The molecule has 4 atom stereocenters. The van der Waals surface area contributed by atoms with E-state index in [4.69, 9.17) is 5.73 Å². The summed E-state index contributed by atoms with van der Waals surface area (Å²) in [6.45, 7) is 0. The van der Waals surface area contributed by atoms with Crippen molar-refractivity contribution in [2.75, 3.05) is 20.4 Å². The number of primary amides is 1. The predicted octanol–water partition coefficient (Wildman–Crippen LogP) is 2.93. The molecular formula is C28H29N3O6S. The Labute approximate surface area is 224 Å². The van der Waals surface area contributed by atoms with Crippen LogP contribution in [0.2, 0.25) is 0 Å². The standard InChI is InChI=1S/C28H29N3O6S/c1-31(2)22-16-9-12-8-15-14(17-6-4-5-7-30-17)10-13(11-38-3)23(32)19(15)24(33)18(12)25(34)20(16)26(35)21(27(22)36)28(29)37/h4-7,10,12,16,20,22,32,34,36H,8-9,11H2,1-3H3,(H2,29,37)/t12?,16?,20?,22-/m1/s1. The molecule has 5 rings (SSSR count). The summed E-state index contributed by atoms with van der Waals surface area (Å²) in [7, 11) is 3.41. The Bertz CT molecular complexity index is 1430. The number of hydrogen-bond acceptors (Lipinski definition) is 9. The lowest BCUT2D eigenvalue weighted by atomic mass is 9.60. The molecule has 3 aliphatic rings. The first kappa shape index (κ1) is 26.0. The molecule has 198 valence electrons. The van der Waals surface area contributed by atoms with Crippen LogP contribution in [0.3, 0.4) is 0 Å². The van der Waals surface area contributed by atoms with Crippen LogP contribution in [0, 0.1) is 17.8 Å².